The van der Waals surface area contributed by atoms with Crippen molar-refractivity contribution in [1.82, 2.24) is 4.86 Å². The van der Waals surface area contributed by atoms with Crippen LogP contribution in [0.2, 0.25) is 0 Å². The minimum Gasteiger partial charge on any atom is -0.434 e. The van der Waals surface area contributed by atoms with Gasteiger partial charge >= 0.3 is 24.7 Å². The third-order valence-corrected chi connectivity index (χ3v) is 11.3. The lowest BCUT2D eigenvalue weighted by molar-refractivity contribution is 0.243. The van der Waals surface area contributed by atoms with Crippen LogP contribution >= 0.6 is 24.7 Å². The summed E-state index contributed by atoms with van der Waals surface area (Å²) >= 11 is 0. The summed E-state index contributed by atoms with van der Waals surface area (Å²) in [6, 6.07) is 23.5. The lowest BCUT2D eigenvalue weighted by Gasteiger charge is -2.23. The molecular weight excluding hydrogens is 613 g/mol. The van der Waals surface area contributed by atoms with Crippen molar-refractivity contribution in [2.24, 2.45) is 22.3 Å². The quantitative estimate of drug-likeness (QED) is 0.136. The number of aryl methyl sites for hydroxylation is 3. The molecule has 0 aliphatic carbocycles. The summed E-state index contributed by atoms with van der Waals surface area (Å²) in [4.78, 5) is 3.49. The van der Waals surface area contributed by atoms with Gasteiger partial charge in [0.1, 0.15) is 19.0 Å². The third-order valence-electron chi connectivity index (χ3n) is 5.69. The standard InChI is InChI=1S/C33H49N2O6P3/c1-25(2)22-36-42(39-31-16-10-28(7)11-17-31)34-44(38-24-27(5)6,41-33-20-14-30(9)15-21-33)35-43(37-23-26(3)4)40-32-18-12-29(8)13-19-32/h10-21,25-27,34H,22-24H2,1-9H3/q+2. The molecule has 44 heavy (non-hydrogen) atoms. The summed E-state index contributed by atoms with van der Waals surface area (Å²) in [5.74, 6) is 2.68. The van der Waals surface area contributed by atoms with Gasteiger partial charge in [0.25, 0.3) is 0 Å². The van der Waals surface area contributed by atoms with Gasteiger partial charge in [-0.3, -0.25) is 4.52 Å². The Balaban J connectivity index is 2.12. The Bertz CT molecular complexity index is 1290. The smallest absolute Gasteiger partial charge is 0.434 e. The van der Waals surface area contributed by atoms with Gasteiger partial charge in [0.15, 0.2) is 11.5 Å². The van der Waals surface area contributed by atoms with Crippen LogP contribution in [0.15, 0.2) is 77.3 Å². The highest BCUT2D eigenvalue weighted by molar-refractivity contribution is 7.75. The van der Waals surface area contributed by atoms with Crippen LogP contribution < -0.4 is 18.4 Å². The number of nitrogens with one attached hydrogen (secondary N) is 1. The predicted octanol–water partition coefficient (Wildman–Crippen LogP) is 11.2. The predicted molar refractivity (Wildman–Crippen MR) is 184 cm³/mol. The second-order valence-electron chi connectivity index (χ2n) is 12.0. The van der Waals surface area contributed by atoms with Crippen molar-refractivity contribution in [3.63, 3.8) is 0 Å². The van der Waals surface area contributed by atoms with Gasteiger partial charge < -0.3 is 9.05 Å². The molecule has 0 heterocycles. The van der Waals surface area contributed by atoms with Crippen LogP contribution in [0.4, 0.5) is 0 Å². The second kappa shape index (κ2) is 18.1. The van der Waals surface area contributed by atoms with E-state index in [1.54, 1.807) is 0 Å². The molecule has 3 rings (SSSR count). The maximum atomic E-state index is 6.72. The molecule has 0 radical (unpaired) electrons. The molecule has 11 heteroatoms. The molecule has 0 saturated heterocycles. The molecule has 0 aliphatic rings. The van der Waals surface area contributed by atoms with Gasteiger partial charge in [-0.2, -0.15) is 4.52 Å². The summed E-state index contributed by atoms with van der Waals surface area (Å²) in [6.45, 7) is 20.0. The number of hydrogen-bond acceptors (Lipinski definition) is 8. The van der Waals surface area contributed by atoms with E-state index >= 15 is 0 Å². The molecule has 1 N–H and O–H groups in total. The number of rotatable bonds is 18. The van der Waals surface area contributed by atoms with Crippen molar-refractivity contribution in [3.05, 3.63) is 89.5 Å². The van der Waals surface area contributed by atoms with Crippen LogP contribution in [-0.2, 0) is 13.6 Å². The Hall–Kier alpha value is -2.14. The molecule has 0 aromatic heterocycles. The molecule has 0 amide bonds. The lowest BCUT2D eigenvalue weighted by atomic mass is 10.2. The maximum absolute atomic E-state index is 6.72. The minimum atomic E-state index is -3.38. The zero-order valence-corrected chi connectivity index (χ0v) is 30.2. The van der Waals surface area contributed by atoms with E-state index in [0.29, 0.717) is 37.1 Å². The number of hydrogen-bond donors (Lipinski definition) is 1. The Labute approximate surface area is 267 Å². The molecular formula is C33H49N2O6P3+2. The van der Waals surface area contributed by atoms with Crippen molar-refractivity contribution < 1.29 is 27.1 Å². The van der Waals surface area contributed by atoms with Gasteiger partial charge in [-0.1, -0.05) is 94.6 Å². The van der Waals surface area contributed by atoms with Crippen LogP contribution in [0, 0.1) is 38.5 Å². The largest absolute Gasteiger partial charge is 0.660 e. The van der Waals surface area contributed by atoms with E-state index in [1.165, 1.54) is 0 Å². The minimum absolute atomic E-state index is 0.203. The Morgan fingerprint density at radius 2 is 1.14 bits per heavy atom. The molecule has 0 aliphatic heterocycles. The first kappa shape index (κ1) is 36.3. The van der Waals surface area contributed by atoms with E-state index < -0.39 is 24.7 Å². The Morgan fingerprint density at radius 1 is 0.659 bits per heavy atom. The fourth-order valence-corrected chi connectivity index (χ4v) is 9.44. The summed E-state index contributed by atoms with van der Waals surface area (Å²) in [7, 11) is -7.00. The summed E-state index contributed by atoms with van der Waals surface area (Å²) in [5, 5.41) is 0. The summed E-state index contributed by atoms with van der Waals surface area (Å²) < 4.78 is 43.9. The first-order valence-corrected chi connectivity index (χ1v) is 19.0. The van der Waals surface area contributed by atoms with Crippen molar-refractivity contribution in [1.29, 1.82) is 0 Å². The van der Waals surface area contributed by atoms with E-state index in [2.05, 4.69) is 46.4 Å². The van der Waals surface area contributed by atoms with Crippen LogP contribution in [0.1, 0.15) is 58.2 Å². The van der Waals surface area contributed by atoms with Crippen molar-refractivity contribution in [2.75, 3.05) is 19.8 Å². The zero-order chi connectivity index (χ0) is 32.1. The van der Waals surface area contributed by atoms with E-state index in [-0.39, 0.29) is 17.8 Å². The van der Waals surface area contributed by atoms with Gasteiger partial charge in [0.2, 0.25) is 4.52 Å². The highest BCUT2D eigenvalue weighted by Gasteiger charge is 2.57. The highest BCUT2D eigenvalue weighted by atomic mass is 31.3. The van der Waals surface area contributed by atoms with Gasteiger partial charge in [-0.05, 0) is 79.8 Å². The second-order valence-corrected chi connectivity index (χ2v) is 16.9. The fourth-order valence-electron chi connectivity index (χ4n) is 3.29. The number of benzene rings is 3. The van der Waals surface area contributed by atoms with Crippen molar-refractivity contribution in [3.8, 4) is 17.2 Å². The van der Waals surface area contributed by atoms with E-state index in [9.17, 15) is 0 Å². The molecule has 240 valence electrons. The van der Waals surface area contributed by atoms with E-state index in [4.69, 9.17) is 31.7 Å². The average Bonchev–Trinajstić information content (AvgIpc) is 2.97. The first-order valence-electron chi connectivity index (χ1n) is 15.1. The SMILES string of the molecule is Cc1ccc(OP(N[P+](N=[P+](OCC(C)C)Oc2ccc(C)cc2)(OCC(C)C)Oc2ccc(C)cc2)OCC(C)C)cc1. The topological polar surface area (TPSA) is 79.8 Å². The van der Waals surface area contributed by atoms with E-state index in [0.717, 1.165) is 16.7 Å². The van der Waals surface area contributed by atoms with Gasteiger partial charge in [0, 0.05) is 0 Å². The average molecular weight is 663 g/mol. The zero-order valence-electron chi connectivity index (χ0n) is 27.5. The van der Waals surface area contributed by atoms with Crippen LogP contribution in [0.3, 0.4) is 0 Å². The van der Waals surface area contributed by atoms with Crippen LogP contribution in [0.5, 0.6) is 17.2 Å². The molecule has 0 fully saturated rings. The van der Waals surface area contributed by atoms with Gasteiger partial charge in [-0.15, -0.1) is 4.52 Å². The third kappa shape index (κ3) is 13.5. The molecule has 3 aromatic rings. The highest BCUT2D eigenvalue weighted by Crippen LogP contribution is 2.67. The Morgan fingerprint density at radius 3 is 1.64 bits per heavy atom. The summed E-state index contributed by atoms with van der Waals surface area (Å²) in [6.07, 6.45) is 0. The van der Waals surface area contributed by atoms with Crippen molar-refractivity contribution in [2.45, 2.75) is 62.3 Å². The normalized spacial score (nSPS) is 14.1. The summed E-state index contributed by atoms with van der Waals surface area (Å²) in [5.41, 5.74) is 3.39. The monoisotopic (exact) mass is 662 g/mol. The molecule has 3 unspecified atom stereocenters. The molecule has 0 bridgehead atoms. The van der Waals surface area contributed by atoms with Crippen molar-refractivity contribution >= 4 is 24.7 Å². The van der Waals surface area contributed by atoms with E-state index in [1.807, 2.05) is 93.6 Å². The van der Waals surface area contributed by atoms with Gasteiger partial charge in [-0.25, -0.2) is 4.52 Å². The first-order chi connectivity index (χ1) is 20.9. The molecule has 3 atom stereocenters. The lowest BCUT2D eigenvalue weighted by Crippen LogP contribution is -2.22. The maximum Gasteiger partial charge on any atom is 0.660 e. The molecule has 0 saturated carbocycles. The fraction of sp³-hybridized carbons (Fsp3) is 0.455. The molecule has 3 aromatic carbocycles. The van der Waals surface area contributed by atoms with Gasteiger partial charge in [0.05, 0.1) is 6.61 Å². The molecule has 8 nitrogen and oxygen atoms in total. The molecule has 0 spiro atoms. The Kier molecular flexibility index (Phi) is 15.0. The number of nitrogens with zero attached hydrogens (tertiary/aromatic N) is 1. The van der Waals surface area contributed by atoms with Crippen LogP contribution in [-0.4, -0.2) is 19.8 Å². The van der Waals surface area contributed by atoms with Crippen LogP contribution in [0.25, 0.3) is 0 Å².